The highest BCUT2D eigenvalue weighted by molar-refractivity contribution is 5.78. The van der Waals surface area contributed by atoms with Gasteiger partial charge in [0.05, 0.1) is 0 Å². The summed E-state index contributed by atoms with van der Waals surface area (Å²) >= 11 is 0. The van der Waals surface area contributed by atoms with Gasteiger partial charge in [0, 0.05) is 19.0 Å². The summed E-state index contributed by atoms with van der Waals surface area (Å²) in [6, 6.07) is 8.66. The minimum atomic E-state index is 0.147. The van der Waals surface area contributed by atoms with Gasteiger partial charge in [-0.2, -0.15) is 0 Å². The number of benzene rings is 1. The van der Waals surface area contributed by atoms with Crippen molar-refractivity contribution in [2.45, 2.75) is 59.5 Å². The Kier molecular flexibility index (Phi) is 7.10. The molecule has 0 spiro atoms. The van der Waals surface area contributed by atoms with Crippen LogP contribution in [0.4, 0.5) is 0 Å². The average Bonchev–Trinajstić information content (AvgIpc) is 2.57. The highest BCUT2D eigenvalue weighted by atomic mass is 16.1. The molecule has 1 aromatic carbocycles. The molecule has 0 unspecified atom stereocenters. The molecule has 23 heavy (non-hydrogen) atoms. The standard InChI is InChI=1S/C20H32N2O/c1-4-19(5-2)20(23)21-14-17-7-6-8-18(13-17)15-22-11-9-16(3)10-12-22/h6-8,13,16,19H,4-5,9-12,14-15H2,1-3H3,(H,21,23). The molecule has 0 aromatic heterocycles. The van der Waals surface area contributed by atoms with Crippen LogP contribution in [0, 0.1) is 11.8 Å². The van der Waals surface area contributed by atoms with Crippen molar-refractivity contribution in [3.63, 3.8) is 0 Å². The van der Waals surface area contributed by atoms with Crippen LogP contribution in [0.15, 0.2) is 24.3 Å². The highest BCUT2D eigenvalue weighted by Crippen LogP contribution is 2.18. The van der Waals surface area contributed by atoms with Gasteiger partial charge in [0.15, 0.2) is 0 Å². The summed E-state index contributed by atoms with van der Waals surface area (Å²) < 4.78 is 0. The van der Waals surface area contributed by atoms with Crippen LogP contribution in [-0.4, -0.2) is 23.9 Å². The predicted molar refractivity (Wildman–Crippen MR) is 96.0 cm³/mol. The summed E-state index contributed by atoms with van der Waals surface area (Å²) in [7, 11) is 0. The third kappa shape index (κ3) is 5.65. The molecular weight excluding hydrogens is 284 g/mol. The Morgan fingerprint density at radius 2 is 1.87 bits per heavy atom. The van der Waals surface area contributed by atoms with Gasteiger partial charge in [-0.1, -0.05) is 45.0 Å². The van der Waals surface area contributed by atoms with Gasteiger partial charge < -0.3 is 5.32 Å². The number of carbonyl (C=O) groups excluding carboxylic acids is 1. The fourth-order valence-corrected chi connectivity index (χ4v) is 3.31. The van der Waals surface area contributed by atoms with Crippen molar-refractivity contribution in [3.05, 3.63) is 35.4 Å². The summed E-state index contributed by atoms with van der Waals surface area (Å²) in [5.74, 6) is 1.21. The lowest BCUT2D eigenvalue weighted by Gasteiger charge is -2.30. The SMILES string of the molecule is CCC(CC)C(=O)NCc1cccc(CN2CCC(C)CC2)c1. The normalized spacial score (nSPS) is 16.7. The average molecular weight is 316 g/mol. The van der Waals surface area contributed by atoms with Crippen molar-refractivity contribution in [1.29, 1.82) is 0 Å². The zero-order valence-electron chi connectivity index (χ0n) is 15.0. The maximum Gasteiger partial charge on any atom is 0.223 e. The number of hydrogen-bond donors (Lipinski definition) is 1. The van der Waals surface area contributed by atoms with Crippen LogP contribution in [-0.2, 0) is 17.9 Å². The summed E-state index contributed by atoms with van der Waals surface area (Å²) in [6.45, 7) is 10.6. The summed E-state index contributed by atoms with van der Waals surface area (Å²) in [6.07, 6.45) is 4.45. The summed E-state index contributed by atoms with van der Waals surface area (Å²) in [5, 5.41) is 3.08. The van der Waals surface area contributed by atoms with Crippen molar-refractivity contribution >= 4 is 5.91 Å². The molecule has 3 nitrogen and oxygen atoms in total. The highest BCUT2D eigenvalue weighted by Gasteiger charge is 2.16. The van der Waals surface area contributed by atoms with Crippen molar-refractivity contribution in [1.82, 2.24) is 10.2 Å². The minimum Gasteiger partial charge on any atom is -0.352 e. The number of nitrogens with one attached hydrogen (secondary N) is 1. The lowest BCUT2D eigenvalue weighted by Crippen LogP contribution is -2.32. The van der Waals surface area contributed by atoms with E-state index in [0.29, 0.717) is 6.54 Å². The van der Waals surface area contributed by atoms with Crippen LogP contribution < -0.4 is 5.32 Å². The molecule has 1 amide bonds. The van der Waals surface area contributed by atoms with Gasteiger partial charge >= 0.3 is 0 Å². The molecule has 1 aliphatic rings. The Morgan fingerprint density at radius 1 is 1.22 bits per heavy atom. The molecule has 1 N–H and O–H groups in total. The largest absolute Gasteiger partial charge is 0.352 e. The molecule has 3 heteroatoms. The fourth-order valence-electron chi connectivity index (χ4n) is 3.31. The van der Waals surface area contributed by atoms with E-state index in [2.05, 4.69) is 55.3 Å². The Bertz CT molecular complexity index is 488. The summed E-state index contributed by atoms with van der Waals surface area (Å²) in [4.78, 5) is 14.6. The third-order valence-corrected chi connectivity index (χ3v) is 5.10. The van der Waals surface area contributed by atoms with E-state index in [1.54, 1.807) is 0 Å². The first-order chi connectivity index (χ1) is 11.1. The van der Waals surface area contributed by atoms with E-state index >= 15 is 0 Å². The van der Waals surface area contributed by atoms with E-state index in [9.17, 15) is 4.79 Å². The van der Waals surface area contributed by atoms with Gasteiger partial charge in [-0.25, -0.2) is 0 Å². The van der Waals surface area contributed by atoms with E-state index in [1.807, 2.05) is 0 Å². The number of carbonyl (C=O) groups is 1. The van der Waals surface area contributed by atoms with Crippen LogP contribution in [0.2, 0.25) is 0 Å². The van der Waals surface area contributed by atoms with Gasteiger partial charge in [0.25, 0.3) is 0 Å². The van der Waals surface area contributed by atoms with Gasteiger partial charge in [-0.3, -0.25) is 9.69 Å². The number of likely N-dealkylation sites (tertiary alicyclic amines) is 1. The monoisotopic (exact) mass is 316 g/mol. The quantitative estimate of drug-likeness (QED) is 0.825. The number of amides is 1. The van der Waals surface area contributed by atoms with E-state index in [4.69, 9.17) is 0 Å². The Labute approximate surface area is 141 Å². The number of piperidine rings is 1. The lowest BCUT2D eigenvalue weighted by atomic mass is 9.98. The van der Waals surface area contributed by atoms with E-state index in [1.165, 1.54) is 37.1 Å². The molecule has 0 atom stereocenters. The number of hydrogen-bond acceptors (Lipinski definition) is 2. The first-order valence-corrected chi connectivity index (χ1v) is 9.20. The zero-order chi connectivity index (χ0) is 16.7. The molecule has 2 rings (SSSR count). The smallest absolute Gasteiger partial charge is 0.223 e. The Balaban J connectivity index is 1.86. The zero-order valence-corrected chi connectivity index (χ0v) is 15.0. The topological polar surface area (TPSA) is 32.3 Å². The molecule has 0 aliphatic carbocycles. The van der Waals surface area contributed by atoms with Crippen molar-refractivity contribution < 1.29 is 4.79 Å². The summed E-state index contributed by atoms with van der Waals surface area (Å²) in [5.41, 5.74) is 2.56. The van der Waals surface area contributed by atoms with Gasteiger partial charge in [-0.15, -0.1) is 0 Å². The van der Waals surface area contributed by atoms with Crippen molar-refractivity contribution in [3.8, 4) is 0 Å². The second-order valence-corrected chi connectivity index (χ2v) is 7.01. The van der Waals surface area contributed by atoms with Crippen LogP contribution >= 0.6 is 0 Å². The molecule has 1 saturated heterocycles. The number of nitrogens with zero attached hydrogens (tertiary/aromatic N) is 1. The molecule has 0 bridgehead atoms. The lowest BCUT2D eigenvalue weighted by molar-refractivity contribution is -0.125. The minimum absolute atomic E-state index is 0.147. The van der Waals surface area contributed by atoms with Crippen molar-refractivity contribution in [2.75, 3.05) is 13.1 Å². The van der Waals surface area contributed by atoms with Gasteiger partial charge in [0.2, 0.25) is 5.91 Å². The maximum absolute atomic E-state index is 12.1. The Hall–Kier alpha value is -1.35. The first kappa shape index (κ1) is 18.0. The molecule has 1 fully saturated rings. The molecular formula is C20H32N2O. The van der Waals surface area contributed by atoms with Crippen LogP contribution in [0.3, 0.4) is 0 Å². The molecule has 1 aromatic rings. The molecule has 0 saturated carbocycles. The molecule has 1 aliphatic heterocycles. The maximum atomic E-state index is 12.1. The predicted octanol–water partition coefficient (Wildman–Crippen LogP) is 3.97. The first-order valence-electron chi connectivity index (χ1n) is 9.20. The van der Waals surface area contributed by atoms with Crippen LogP contribution in [0.25, 0.3) is 0 Å². The molecule has 1 heterocycles. The van der Waals surface area contributed by atoms with Crippen LogP contribution in [0.1, 0.15) is 57.6 Å². The van der Waals surface area contributed by atoms with Crippen LogP contribution in [0.5, 0.6) is 0 Å². The van der Waals surface area contributed by atoms with E-state index in [-0.39, 0.29) is 11.8 Å². The Morgan fingerprint density at radius 3 is 2.52 bits per heavy atom. The second-order valence-electron chi connectivity index (χ2n) is 7.01. The molecule has 0 radical (unpaired) electrons. The van der Waals surface area contributed by atoms with Gasteiger partial charge in [-0.05, 0) is 55.8 Å². The molecule has 128 valence electrons. The fraction of sp³-hybridized carbons (Fsp3) is 0.650. The van der Waals surface area contributed by atoms with Gasteiger partial charge in [0.1, 0.15) is 0 Å². The van der Waals surface area contributed by atoms with E-state index < -0.39 is 0 Å². The van der Waals surface area contributed by atoms with E-state index in [0.717, 1.165) is 25.3 Å². The second kappa shape index (κ2) is 9.07. The number of rotatable bonds is 7. The third-order valence-electron chi connectivity index (χ3n) is 5.10. The van der Waals surface area contributed by atoms with Crippen molar-refractivity contribution in [2.24, 2.45) is 11.8 Å².